The number of benzene rings is 1. The van der Waals surface area contributed by atoms with E-state index in [0.29, 0.717) is 6.73 Å². The van der Waals surface area contributed by atoms with Crippen molar-refractivity contribution in [2.24, 2.45) is 0 Å². The molecule has 14 heavy (non-hydrogen) atoms. The summed E-state index contributed by atoms with van der Waals surface area (Å²) in [4.78, 5) is 0. The van der Waals surface area contributed by atoms with Crippen LogP contribution in [0.2, 0.25) is 0 Å². The van der Waals surface area contributed by atoms with Gasteiger partial charge in [0, 0.05) is 0 Å². The number of nitrogens with one attached hydrogen (secondary N) is 1. The van der Waals surface area contributed by atoms with Gasteiger partial charge in [-0.1, -0.05) is 26.8 Å². The van der Waals surface area contributed by atoms with Crippen LogP contribution in [-0.2, 0) is 5.41 Å². The van der Waals surface area contributed by atoms with Crippen LogP contribution < -0.4 is 10.1 Å². The number of hydrogen-bond donors (Lipinski definition) is 1. The molecule has 0 radical (unpaired) electrons. The van der Waals surface area contributed by atoms with Gasteiger partial charge in [0.05, 0.1) is 5.69 Å². The molecule has 0 amide bonds. The minimum absolute atomic E-state index is 0.198. The fraction of sp³-hybridized carbons (Fsp3) is 0.500. The molecule has 0 spiro atoms. The van der Waals surface area contributed by atoms with Gasteiger partial charge in [0.15, 0.2) is 6.73 Å². The first-order valence-corrected chi connectivity index (χ1v) is 5.01. The molecule has 0 unspecified atom stereocenters. The van der Waals surface area contributed by atoms with E-state index < -0.39 is 0 Å². The lowest BCUT2D eigenvalue weighted by atomic mass is 9.83. The molecule has 2 heteroatoms. The fourth-order valence-electron chi connectivity index (χ4n) is 2.03. The third kappa shape index (κ3) is 1.35. The van der Waals surface area contributed by atoms with Crippen LogP contribution in [0, 0.1) is 6.92 Å². The van der Waals surface area contributed by atoms with Crippen LogP contribution in [0.25, 0.3) is 0 Å². The summed E-state index contributed by atoms with van der Waals surface area (Å²) in [5.74, 6) is 0.982. The Morgan fingerprint density at radius 2 is 2.00 bits per heavy atom. The summed E-state index contributed by atoms with van der Waals surface area (Å²) in [7, 11) is 0. The average Bonchev–Trinajstić information content (AvgIpc) is 2.50. The second-order valence-corrected chi connectivity index (χ2v) is 4.83. The molecule has 1 heterocycles. The SMILES string of the molecule is Cc1c(C(C)(C)C)ccc2c1NCO2. The minimum Gasteiger partial charge on any atom is -0.471 e. The molecule has 1 aliphatic rings. The Morgan fingerprint density at radius 1 is 1.29 bits per heavy atom. The van der Waals surface area contributed by atoms with Crippen molar-refractivity contribution in [2.75, 3.05) is 12.0 Å². The van der Waals surface area contributed by atoms with Crippen LogP contribution in [0.5, 0.6) is 5.75 Å². The van der Waals surface area contributed by atoms with Crippen molar-refractivity contribution in [1.82, 2.24) is 0 Å². The van der Waals surface area contributed by atoms with Crippen molar-refractivity contribution in [3.63, 3.8) is 0 Å². The molecule has 1 N–H and O–H groups in total. The minimum atomic E-state index is 0.198. The van der Waals surface area contributed by atoms with Crippen molar-refractivity contribution < 1.29 is 4.74 Å². The largest absolute Gasteiger partial charge is 0.471 e. The smallest absolute Gasteiger partial charge is 0.159 e. The van der Waals surface area contributed by atoms with Crippen LogP contribution in [0.3, 0.4) is 0 Å². The molecule has 76 valence electrons. The molecule has 1 aromatic rings. The number of anilines is 1. The van der Waals surface area contributed by atoms with Crippen molar-refractivity contribution >= 4 is 5.69 Å². The Kier molecular flexibility index (Phi) is 1.95. The quantitative estimate of drug-likeness (QED) is 0.680. The molecule has 0 aromatic heterocycles. The maximum atomic E-state index is 5.44. The molecule has 2 rings (SSSR count). The summed E-state index contributed by atoms with van der Waals surface area (Å²) in [5.41, 5.74) is 4.06. The lowest BCUT2D eigenvalue weighted by molar-refractivity contribution is 0.372. The number of fused-ring (bicyclic) bond motifs is 1. The molecule has 1 aromatic carbocycles. The molecule has 2 nitrogen and oxygen atoms in total. The maximum Gasteiger partial charge on any atom is 0.159 e. The predicted molar refractivity (Wildman–Crippen MR) is 59.0 cm³/mol. The number of ether oxygens (including phenoxy) is 1. The van der Waals surface area contributed by atoms with Crippen LogP contribution in [0.1, 0.15) is 31.9 Å². The highest BCUT2D eigenvalue weighted by molar-refractivity contribution is 5.67. The fourth-order valence-corrected chi connectivity index (χ4v) is 2.03. The summed E-state index contributed by atoms with van der Waals surface area (Å²) in [5, 5.41) is 3.26. The number of hydrogen-bond acceptors (Lipinski definition) is 2. The topological polar surface area (TPSA) is 21.3 Å². The van der Waals surface area contributed by atoms with Gasteiger partial charge >= 0.3 is 0 Å². The van der Waals surface area contributed by atoms with Crippen molar-refractivity contribution in [2.45, 2.75) is 33.1 Å². The van der Waals surface area contributed by atoms with Gasteiger partial charge < -0.3 is 10.1 Å². The van der Waals surface area contributed by atoms with Gasteiger partial charge in [-0.2, -0.15) is 0 Å². The van der Waals surface area contributed by atoms with Gasteiger partial charge in [-0.25, -0.2) is 0 Å². The van der Waals surface area contributed by atoms with Gasteiger partial charge in [-0.3, -0.25) is 0 Å². The first-order valence-electron chi connectivity index (χ1n) is 5.01. The highest BCUT2D eigenvalue weighted by Crippen LogP contribution is 2.38. The lowest BCUT2D eigenvalue weighted by Crippen LogP contribution is -2.13. The van der Waals surface area contributed by atoms with E-state index in [1.165, 1.54) is 11.1 Å². The zero-order chi connectivity index (χ0) is 10.3. The van der Waals surface area contributed by atoms with Crippen LogP contribution in [0.15, 0.2) is 12.1 Å². The van der Waals surface area contributed by atoms with E-state index in [-0.39, 0.29) is 5.41 Å². The Morgan fingerprint density at radius 3 is 2.64 bits per heavy atom. The van der Waals surface area contributed by atoms with E-state index in [1.807, 2.05) is 0 Å². The normalized spacial score (nSPS) is 14.6. The lowest BCUT2D eigenvalue weighted by Gasteiger charge is -2.22. The van der Waals surface area contributed by atoms with E-state index in [2.05, 4.69) is 45.1 Å². The van der Waals surface area contributed by atoms with E-state index in [4.69, 9.17) is 4.74 Å². The Balaban J connectivity index is 2.56. The van der Waals surface area contributed by atoms with Crippen LogP contribution >= 0.6 is 0 Å². The second kappa shape index (κ2) is 2.91. The maximum absolute atomic E-state index is 5.44. The van der Waals surface area contributed by atoms with E-state index in [1.54, 1.807) is 0 Å². The first kappa shape index (κ1) is 9.38. The van der Waals surface area contributed by atoms with Gasteiger partial charge in [0.25, 0.3) is 0 Å². The highest BCUT2D eigenvalue weighted by Gasteiger charge is 2.22. The van der Waals surface area contributed by atoms with Gasteiger partial charge in [-0.05, 0) is 29.5 Å². The van der Waals surface area contributed by atoms with Crippen molar-refractivity contribution in [3.8, 4) is 5.75 Å². The molecule has 1 aliphatic heterocycles. The summed E-state index contributed by atoms with van der Waals surface area (Å²) in [6.07, 6.45) is 0. The molecule has 0 saturated carbocycles. The highest BCUT2D eigenvalue weighted by atomic mass is 16.5. The van der Waals surface area contributed by atoms with Gasteiger partial charge in [0.2, 0.25) is 0 Å². The summed E-state index contributed by atoms with van der Waals surface area (Å²) in [6, 6.07) is 4.23. The Labute approximate surface area is 85.3 Å². The number of rotatable bonds is 0. The van der Waals surface area contributed by atoms with Gasteiger partial charge in [0.1, 0.15) is 5.75 Å². The predicted octanol–water partition coefficient (Wildman–Crippen LogP) is 3.05. The summed E-state index contributed by atoms with van der Waals surface area (Å²) < 4.78 is 5.44. The standard InChI is InChI=1S/C12H17NO/c1-8-9(12(2,3)4)5-6-10-11(8)13-7-14-10/h5-6,13H,7H2,1-4H3. The molecule has 0 bridgehead atoms. The third-order valence-corrected chi connectivity index (χ3v) is 2.71. The zero-order valence-electron chi connectivity index (χ0n) is 9.27. The zero-order valence-corrected chi connectivity index (χ0v) is 9.27. The molecular formula is C12H17NO. The molecule has 0 fully saturated rings. The molecular weight excluding hydrogens is 174 g/mol. The van der Waals surface area contributed by atoms with E-state index in [9.17, 15) is 0 Å². The second-order valence-electron chi connectivity index (χ2n) is 4.83. The molecule has 0 aliphatic carbocycles. The Bertz CT molecular complexity index is 363. The molecule has 0 atom stereocenters. The molecule has 0 saturated heterocycles. The van der Waals surface area contributed by atoms with Crippen molar-refractivity contribution in [3.05, 3.63) is 23.3 Å². The average molecular weight is 191 g/mol. The van der Waals surface area contributed by atoms with Gasteiger partial charge in [-0.15, -0.1) is 0 Å². The Hall–Kier alpha value is -1.18. The summed E-state index contributed by atoms with van der Waals surface area (Å²) in [6.45, 7) is 9.46. The first-order chi connectivity index (χ1) is 6.50. The summed E-state index contributed by atoms with van der Waals surface area (Å²) >= 11 is 0. The van der Waals surface area contributed by atoms with E-state index in [0.717, 1.165) is 11.4 Å². The van der Waals surface area contributed by atoms with Crippen LogP contribution in [0.4, 0.5) is 5.69 Å². The third-order valence-electron chi connectivity index (χ3n) is 2.71. The van der Waals surface area contributed by atoms with E-state index >= 15 is 0 Å². The van der Waals surface area contributed by atoms with Crippen LogP contribution in [-0.4, -0.2) is 6.73 Å². The van der Waals surface area contributed by atoms with Crippen molar-refractivity contribution in [1.29, 1.82) is 0 Å². The monoisotopic (exact) mass is 191 g/mol.